The van der Waals surface area contributed by atoms with E-state index >= 15 is 0 Å². The van der Waals surface area contributed by atoms with Crippen molar-refractivity contribution in [2.75, 3.05) is 21.3 Å². The number of benzene rings is 2. The van der Waals surface area contributed by atoms with Crippen LogP contribution in [0, 0.1) is 10.1 Å². The van der Waals surface area contributed by atoms with E-state index in [9.17, 15) is 19.7 Å². The van der Waals surface area contributed by atoms with Crippen LogP contribution in [0.2, 0.25) is 0 Å². The Morgan fingerprint density at radius 2 is 1.67 bits per heavy atom. The topological polar surface area (TPSA) is 108 Å². The summed E-state index contributed by atoms with van der Waals surface area (Å²) < 4.78 is 15.9. The molecular weight excluding hydrogens is 412 g/mol. The first kappa shape index (κ1) is 21.2. The summed E-state index contributed by atoms with van der Waals surface area (Å²) in [4.78, 5) is 37.1. The Morgan fingerprint density at radius 1 is 1.03 bits per heavy atom. The van der Waals surface area contributed by atoms with Crippen molar-refractivity contribution in [3.8, 4) is 17.2 Å². The van der Waals surface area contributed by atoms with Crippen LogP contribution in [0.4, 0.5) is 10.5 Å². The molecule has 0 saturated carbocycles. The molecule has 2 aromatic rings. The van der Waals surface area contributed by atoms with Crippen molar-refractivity contribution in [3.63, 3.8) is 0 Å². The maximum atomic E-state index is 12.8. The fourth-order valence-corrected chi connectivity index (χ4v) is 3.77. The number of amides is 2. The summed E-state index contributed by atoms with van der Waals surface area (Å²) in [6.45, 7) is -0.192. The van der Waals surface area contributed by atoms with E-state index in [4.69, 9.17) is 14.2 Å². The van der Waals surface area contributed by atoms with Gasteiger partial charge >= 0.3 is 0 Å². The number of carbonyl (C=O) groups excluding carboxylic acids is 2. The number of nitro benzene ring substituents is 1. The molecule has 10 heteroatoms. The number of rotatable bonds is 7. The number of thioether (sulfide) groups is 1. The molecule has 0 radical (unpaired) electrons. The van der Waals surface area contributed by atoms with Crippen LogP contribution in [0.25, 0.3) is 6.08 Å². The average molecular weight is 430 g/mol. The molecule has 0 atom stereocenters. The van der Waals surface area contributed by atoms with E-state index in [0.717, 1.165) is 16.7 Å². The third kappa shape index (κ3) is 4.08. The van der Waals surface area contributed by atoms with E-state index in [0.29, 0.717) is 22.8 Å². The summed E-state index contributed by atoms with van der Waals surface area (Å²) in [6, 6.07) is 9.24. The minimum Gasteiger partial charge on any atom is -0.496 e. The van der Waals surface area contributed by atoms with Gasteiger partial charge in [0.25, 0.3) is 16.8 Å². The van der Waals surface area contributed by atoms with E-state index in [1.54, 1.807) is 18.2 Å². The number of methoxy groups -OCH3 is 3. The molecule has 1 fully saturated rings. The Hall–Kier alpha value is -3.53. The molecule has 0 bridgehead atoms. The Balaban J connectivity index is 1.93. The van der Waals surface area contributed by atoms with Gasteiger partial charge in [0.15, 0.2) is 11.5 Å². The van der Waals surface area contributed by atoms with Crippen LogP contribution in [0.15, 0.2) is 41.3 Å². The number of ether oxygens (including phenoxy) is 3. The molecule has 1 saturated heterocycles. The minimum atomic E-state index is -0.543. The SMILES string of the molecule is COc1cc(OC)c(OC)cc1/C=C1/SC(=O)N(Cc2ccccc2[N+](=O)[O-])C1=O. The Bertz CT molecular complexity index is 1050. The van der Waals surface area contributed by atoms with Crippen molar-refractivity contribution in [3.05, 3.63) is 62.5 Å². The second kappa shape index (κ2) is 8.87. The van der Waals surface area contributed by atoms with E-state index in [1.807, 2.05) is 0 Å². The number of nitro groups is 1. The van der Waals surface area contributed by atoms with E-state index in [-0.39, 0.29) is 22.7 Å². The Labute approximate surface area is 176 Å². The van der Waals surface area contributed by atoms with Crippen molar-refractivity contribution in [1.29, 1.82) is 0 Å². The number of hydrogen-bond donors (Lipinski definition) is 0. The number of hydrogen-bond acceptors (Lipinski definition) is 8. The van der Waals surface area contributed by atoms with Crippen LogP contribution in [-0.4, -0.2) is 42.3 Å². The molecule has 1 aliphatic rings. The zero-order valence-corrected chi connectivity index (χ0v) is 17.2. The number of nitrogens with zero attached hydrogens (tertiary/aromatic N) is 2. The lowest BCUT2D eigenvalue weighted by Gasteiger charge is -2.13. The molecule has 1 aliphatic heterocycles. The van der Waals surface area contributed by atoms with Crippen LogP contribution >= 0.6 is 11.8 Å². The van der Waals surface area contributed by atoms with Crippen LogP contribution in [0.1, 0.15) is 11.1 Å². The van der Waals surface area contributed by atoms with Crippen molar-refractivity contribution in [2.24, 2.45) is 0 Å². The zero-order valence-electron chi connectivity index (χ0n) is 16.4. The highest BCUT2D eigenvalue weighted by molar-refractivity contribution is 8.18. The summed E-state index contributed by atoms with van der Waals surface area (Å²) in [7, 11) is 4.44. The lowest BCUT2D eigenvalue weighted by atomic mass is 10.1. The molecule has 2 aromatic carbocycles. The first-order chi connectivity index (χ1) is 14.4. The van der Waals surface area contributed by atoms with Crippen molar-refractivity contribution in [1.82, 2.24) is 4.90 Å². The zero-order chi connectivity index (χ0) is 21.8. The second-order valence-electron chi connectivity index (χ2n) is 6.10. The molecule has 0 spiro atoms. The predicted octanol–water partition coefficient (Wildman–Crippen LogP) is 3.86. The highest BCUT2D eigenvalue weighted by atomic mass is 32.2. The molecule has 0 N–H and O–H groups in total. The van der Waals surface area contributed by atoms with E-state index < -0.39 is 16.1 Å². The molecule has 30 heavy (non-hydrogen) atoms. The summed E-state index contributed by atoms with van der Waals surface area (Å²) in [5.74, 6) is 0.776. The van der Waals surface area contributed by atoms with Gasteiger partial charge in [0.05, 0.1) is 37.7 Å². The van der Waals surface area contributed by atoms with Gasteiger partial charge in [0.1, 0.15) is 5.75 Å². The monoisotopic (exact) mass is 430 g/mol. The Morgan fingerprint density at radius 3 is 2.30 bits per heavy atom. The van der Waals surface area contributed by atoms with Crippen molar-refractivity contribution in [2.45, 2.75) is 6.54 Å². The smallest absolute Gasteiger partial charge is 0.293 e. The van der Waals surface area contributed by atoms with Crippen LogP contribution < -0.4 is 14.2 Å². The predicted molar refractivity (Wildman–Crippen MR) is 111 cm³/mol. The standard InChI is InChI=1S/C20H18N2O7S/c1-27-15-10-17(29-3)16(28-2)8-13(15)9-18-19(23)21(20(24)30-18)11-12-6-4-5-7-14(12)22(25)26/h4-10H,11H2,1-3H3/b18-9+. The molecule has 156 valence electrons. The van der Waals surface area contributed by atoms with E-state index in [1.165, 1.54) is 45.6 Å². The number of imide groups is 1. The normalized spacial score (nSPS) is 14.9. The fraction of sp³-hybridized carbons (Fsp3) is 0.200. The third-order valence-electron chi connectivity index (χ3n) is 4.41. The van der Waals surface area contributed by atoms with Gasteiger partial charge in [-0.1, -0.05) is 18.2 Å². The third-order valence-corrected chi connectivity index (χ3v) is 5.32. The average Bonchev–Trinajstić information content (AvgIpc) is 3.00. The molecule has 3 rings (SSSR count). The maximum Gasteiger partial charge on any atom is 0.293 e. The van der Waals surface area contributed by atoms with Gasteiger partial charge in [0, 0.05) is 23.3 Å². The van der Waals surface area contributed by atoms with Gasteiger partial charge < -0.3 is 14.2 Å². The van der Waals surface area contributed by atoms with Gasteiger partial charge in [-0.3, -0.25) is 24.6 Å². The fourth-order valence-electron chi connectivity index (χ4n) is 2.94. The Kier molecular flexibility index (Phi) is 6.26. The number of para-hydroxylation sites is 1. The van der Waals surface area contributed by atoms with Crippen LogP contribution in [0.5, 0.6) is 17.2 Å². The lowest BCUT2D eigenvalue weighted by molar-refractivity contribution is -0.385. The molecule has 2 amide bonds. The first-order valence-electron chi connectivity index (χ1n) is 8.67. The molecule has 9 nitrogen and oxygen atoms in total. The summed E-state index contributed by atoms with van der Waals surface area (Å²) in [5.41, 5.74) is 0.642. The highest BCUT2D eigenvalue weighted by Crippen LogP contribution is 2.39. The molecule has 0 unspecified atom stereocenters. The van der Waals surface area contributed by atoms with Gasteiger partial charge in [-0.15, -0.1) is 0 Å². The van der Waals surface area contributed by atoms with Crippen molar-refractivity contribution < 1.29 is 28.7 Å². The van der Waals surface area contributed by atoms with Gasteiger partial charge in [-0.25, -0.2) is 0 Å². The van der Waals surface area contributed by atoms with Crippen LogP contribution in [-0.2, 0) is 11.3 Å². The second-order valence-corrected chi connectivity index (χ2v) is 7.10. The minimum absolute atomic E-state index is 0.151. The molecule has 0 aliphatic carbocycles. The van der Waals surface area contributed by atoms with Gasteiger partial charge in [0.2, 0.25) is 0 Å². The van der Waals surface area contributed by atoms with E-state index in [2.05, 4.69) is 0 Å². The summed E-state index contributed by atoms with van der Waals surface area (Å²) in [6.07, 6.45) is 1.52. The number of carbonyl (C=O) groups is 2. The van der Waals surface area contributed by atoms with Gasteiger partial charge in [-0.2, -0.15) is 0 Å². The lowest BCUT2D eigenvalue weighted by Crippen LogP contribution is -2.27. The molecule has 1 heterocycles. The molecule has 0 aromatic heterocycles. The highest BCUT2D eigenvalue weighted by Gasteiger charge is 2.36. The summed E-state index contributed by atoms with van der Waals surface area (Å²) in [5, 5.41) is 10.7. The van der Waals surface area contributed by atoms with Gasteiger partial charge in [-0.05, 0) is 23.9 Å². The van der Waals surface area contributed by atoms with Crippen LogP contribution in [0.3, 0.4) is 0 Å². The first-order valence-corrected chi connectivity index (χ1v) is 9.49. The summed E-state index contributed by atoms with van der Waals surface area (Å²) >= 11 is 0.754. The maximum absolute atomic E-state index is 12.8. The molecular formula is C20H18N2O7S. The van der Waals surface area contributed by atoms with Crippen molar-refractivity contribution >= 4 is 34.7 Å². The quantitative estimate of drug-likeness (QED) is 0.370. The largest absolute Gasteiger partial charge is 0.496 e.